The Morgan fingerprint density at radius 1 is 1.45 bits per heavy atom. The van der Waals surface area contributed by atoms with Crippen molar-refractivity contribution in [1.82, 2.24) is 5.32 Å². The Hall–Kier alpha value is -1.90. The van der Waals surface area contributed by atoms with E-state index in [-0.39, 0.29) is 12.3 Å². The topological polar surface area (TPSA) is 68.5 Å². The molecule has 1 aromatic rings. The molecule has 20 heavy (non-hydrogen) atoms. The van der Waals surface area contributed by atoms with Crippen LogP contribution in [0.3, 0.4) is 0 Å². The lowest BCUT2D eigenvalue weighted by Gasteiger charge is -2.01. The average molecular weight is 309 g/mol. The van der Waals surface area contributed by atoms with Crippen LogP contribution in [0.5, 0.6) is 0 Å². The minimum Gasteiger partial charge on any atom is -0.466 e. The molecule has 0 fully saturated rings. The summed E-state index contributed by atoms with van der Waals surface area (Å²) in [5, 5.41) is 1.91. The van der Waals surface area contributed by atoms with E-state index in [0.717, 1.165) is 18.2 Å². The number of carbonyl (C=O) groups excluding carboxylic acids is 2. The van der Waals surface area contributed by atoms with Crippen molar-refractivity contribution in [2.45, 2.75) is 10.6 Å². The molecular weight excluding hydrogens is 299 g/mol. The highest BCUT2D eigenvalue weighted by Gasteiger charge is 2.31. The number of amides is 1. The first-order chi connectivity index (χ1) is 9.31. The quantitative estimate of drug-likeness (QED) is 0.514. The first kappa shape index (κ1) is 16.2. The second kappa shape index (κ2) is 7.04. The lowest BCUT2D eigenvalue weighted by Crippen LogP contribution is -2.22. The molecule has 0 aliphatic heterocycles. The van der Waals surface area contributed by atoms with E-state index in [0.29, 0.717) is 0 Å². The zero-order valence-corrected chi connectivity index (χ0v) is 11.0. The third kappa shape index (κ3) is 5.83. The van der Waals surface area contributed by atoms with Gasteiger partial charge in [-0.25, -0.2) is 4.79 Å². The van der Waals surface area contributed by atoms with Gasteiger partial charge in [0.15, 0.2) is 10.9 Å². The summed E-state index contributed by atoms with van der Waals surface area (Å²) in [7, 11) is 1.20. The highest BCUT2D eigenvalue weighted by Crippen LogP contribution is 2.37. The van der Waals surface area contributed by atoms with Crippen molar-refractivity contribution in [3.63, 3.8) is 0 Å². The first-order valence-corrected chi connectivity index (χ1v) is 6.02. The fraction of sp³-hybridized carbons (Fsp3) is 0.273. The Bertz CT molecular complexity index is 510. The molecule has 110 valence electrons. The van der Waals surface area contributed by atoms with Crippen molar-refractivity contribution in [2.24, 2.45) is 0 Å². The molecule has 1 aromatic heterocycles. The van der Waals surface area contributed by atoms with E-state index in [1.807, 2.05) is 0 Å². The summed E-state index contributed by atoms with van der Waals surface area (Å²) in [4.78, 5) is 22.2. The number of hydrogen-bond donors (Lipinski definition) is 1. The number of methoxy groups -OCH3 is 1. The van der Waals surface area contributed by atoms with Crippen LogP contribution in [0.15, 0.2) is 33.8 Å². The van der Waals surface area contributed by atoms with E-state index in [2.05, 4.69) is 10.1 Å². The van der Waals surface area contributed by atoms with Crippen LogP contribution in [-0.2, 0) is 9.53 Å². The van der Waals surface area contributed by atoms with Gasteiger partial charge in [-0.1, -0.05) is 6.08 Å². The third-order valence-electron chi connectivity index (χ3n) is 1.86. The van der Waals surface area contributed by atoms with Gasteiger partial charge in [0.05, 0.1) is 7.11 Å². The summed E-state index contributed by atoms with van der Waals surface area (Å²) < 4.78 is 45.2. The Labute approximate surface area is 116 Å². The summed E-state index contributed by atoms with van der Waals surface area (Å²) in [5.41, 5.74) is -4.48. The van der Waals surface area contributed by atoms with Crippen molar-refractivity contribution in [2.75, 3.05) is 13.7 Å². The van der Waals surface area contributed by atoms with Gasteiger partial charge in [-0.05, 0) is 12.1 Å². The maximum atomic E-state index is 12.1. The number of hydrogen-bond acceptors (Lipinski definition) is 5. The molecule has 5 nitrogen and oxygen atoms in total. The standard InChI is InChI=1S/C11H10F3NO4S/c1-18-8(16)3-2-6-15-10(17)7-4-5-9(19-7)20-11(12,13)14/h2-5H,6H2,1H3,(H,15,17)/b3-2+. The molecule has 0 saturated carbocycles. The van der Waals surface area contributed by atoms with Crippen molar-refractivity contribution in [3.05, 3.63) is 30.0 Å². The van der Waals surface area contributed by atoms with Crippen molar-refractivity contribution in [1.29, 1.82) is 0 Å². The van der Waals surface area contributed by atoms with Gasteiger partial charge in [0, 0.05) is 24.4 Å². The normalized spacial score (nSPS) is 11.6. The smallest absolute Gasteiger partial charge is 0.449 e. The zero-order valence-electron chi connectivity index (χ0n) is 10.2. The predicted molar refractivity (Wildman–Crippen MR) is 64.1 cm³/mol. The number of nitrogens with one attached hydrogen (secondary N) is 1. The van der Waals surface area contributed by atoms with Crippen LogP contribution in [-0.4, -0.2) is 31.0 Å². The summed E-state index contributed by atoms with van der Waals surface area (Å²) >= 11 is -0.448. The number of alkyl halides is 3. The van der Waals surface area contributed by atoms with Crippen molar-refractivity contribution in [3.8, 4) is 0 Å². The van der Waals surface area contributed by atoms with Crippen molar-refractivity contribution >= 4 is 23.6 Å². The molecule has 0 bridgehead atoms. The van der Waals surface area contributed by atoms with E-state index in [4.69, 9.17) is 4.42 Å². The van der Waals surface area contributed by atoms with Crippen LogP contribution in [0.2, 0.25) is 0 Å². The molecule has 0 unspecified atom stereocenters. The molecule has 1 rings (SSSR count). The molecule has 0 spiro atoms. The van der Waals surface area contributed by atoms with Gasteiger partial charge >= 0.3 is 11.5 Å². The van der Waals surface area contributed by atoms with Gasteiger partial charge in [-0.15, -0.1) is 0 Å². The number of thioether (sulfide) groups is 1. The fourth-order valence-corrected chi connectivity index (χ4v) is 1.57. The second-order valence-corrected chi connectivity index (χ2v) is 4.37. The minimum absolute atomic E-state index is 0.0103. The largest absolute Gasteiger partial charge is 0.466 e. The minimum atomic E-state index is -4.48. The predicted octanol–water partition coefficient (Wildman–Crippen LogP) is 2.35. The Morgan fingerprint density at radius 3 is 2.75 bits per heavy atom. The third-order valence-corrected chi connectivity index (χ3v) is 2.51. The van der Waals surface area contributed by atoms with Gasteiger partial charge in [0.25, 0.3) is 5.91 Å². The number of ether oxygens (including phenoxy) is 1. The van der Waals surface area contributed by atoms with E-state index < -0.39 is 34.2 Å². The van der Waals surface area contributed by atoms with E-state index in [1.165, 1.54) is 13.2 Å². The molecule has 0 aliphatic rings. The molecular formula is C11H10F3NO4S. The number of furan rings is 1. The molecule has 9 heteroatoms. The number of rotatable bonds is 5. The van der Waals surface area contributed by atoms with Crippen LogP contribution in [0.1, 0.15) is 10.6 Å². The molecule has 0 radical (unpaired) electrons. The van der Waals surface area contributed by atoms with Gasteiger partial charge in [0.1, 0.15) is 0 Å². The Balaban J connectivity index is 2.48. The first-order valence-electron chi connectivity index (χ1n) is 5.20. The monoisotopic (exact) mass is 309 g/mol. The molecule has 1 heterocycles. The van der Waals surface area contributed by atoms with E-state index in [9.17, 15) is 22.8 Å². The van der Waals surface area contributed by atoms with Gasteiger partial charge in [-0.2, -0.15) is 13.2 Å². The van der Waals surface area contributed by atoms with Crippen LogP contribution in [0.25, 0.3) is 0 Å². The zero-order chi connectivity index (χ0) is 15.2. The van der Waals surface area contributed by atoms with Gasteiger partial charge < -0.3 is 14.5 Å². The van der Waals surface area contributed by atoms with Crippen LogP contribution in [0.4, 0.5) is 13.2 Å². The molecule has 0 atom stereocenters. The van der Waals surface area contributed by atoms with Crippen LogP contribution >= 0.6 is 11.8 Å². The highest BCUT2D eigenvalue weighted by molar-refractivity contribution is 8.00. The summed E-state index contributed by atoms with van der Waals surface area (Å²) in [5.74, 6) is -1.52. The van der Waals surface area contributed by atoms with Gasteiger partial charge in [-0.3, -0.25) is 4.79 Å². The number of carbonyl (C=O) groups is 2. The summed E-state index contributed by atoms with van der Waals surface area (Å²) in [6, 6.07) is 2.19. The summed E-state index contributed by atoms with van der Waals surface area (Å²) in [6.07, 6.45) is 2.44. The van der Waals surface area contributed by atoms with Gasteiger partial charge in [0.2, 0.25) is 0 Å². The molecule has 0 saturated heterocycles. The molecule has 0 aliphatic carbocycles. The number of halogens is 3. The summed E-state index contributed by atoms with van der Waals surface area (Å²) in [6.45, 7) is 0.0103. The average Bonchev–Trinajstić information content (AvgIpc) is 2.80. The fourth-order valence-electron chi connectivity index (χ4n) is 1.07. The molecule has 0 aromatic carbocycles. The number of esters is 1. The maximum Gasteiger partial charge on any atom is 0.449 e. The van der Waals surface area contributed by atoms with E-state index in [1.54, 1.807) is 0 Å². The maximum absolute atomic E-state index is 12.1. The lowest BCUT2D eigenvalue weighted by molar-refractivity contribution is -0.134. The van der Waals surface area contributed by atoms with Crippen LogP contribution < -0.4 is 5.32 Å². The second-order valence-electron chi connectivity index (χ2n) is 3.30. The Morgan fingerprint density at radius 2 is 2.15 bits per heavy atom. The van der Waals surface area contributed by atoms with Crippen LogP contribution in [0, 0.1) is 0 Å². The molecule has 1 amide bonds. The Kier molecular flexibility index (Phi) is 5.68. The lowest BCUT2D eigenvalue weighted by atomic mass is 10.4. The SMILES string of the molecule is COC(=O)/C=C/CNC(=O)c1ccc(SC(F)(F)F)o1. The highest BCUT2D eigenvalue weighted by atomic mass is 32.2. The van der Waals surface area contributed by atoms with Crippen molar-refractivity contribution < 1.29 is 31.9 Å². The van der Waals surface area contributed by atoms with E-state index >= 15 is 0 Å². The molecule has 1 N–H and O–H groups in total.